The summed E-state index contributed by atoms with van der Waals surface area (Å²) in [6.45, 7) is 4.20. The molecule has 3 N–H and O–H groups in total. The minimum absolute atomic E-state index is 0.0114. The molecule has 5 nitrogen and oxygen atoms in total. The molecule has 1 atom stereocenters. The lowest BCUT2D eigenvalue weighted by molar-refractivity contribution is 0.0617. The van der Waals surface area contributed by atoms with Crippen molar-refractivity contribution < 1.29 is 14.3 Å². The zero-order chi connectivity index (χ0) is 15.6. The monoisotopic (exact) mass is 311 g/mol. The van der Waals surface area contributed by atoms with Crippen LogP contribution < -0.4 is 5.73 Å². The van der Waals surface area contributed by atoms with Gasteiger partial charge < -0.3 is 15.7 Å². The van der Waals surface area contributed by atoms with Crippen LogP contribution in [0.2, 0.25) is 0 Å². The number of carbonyl (C=O) groups is 1. The normalized spacial score (nSPS) is 17.5. The van der Waals surface area contributed by atoms with E-state index >= 15 is 0 Å². The third-order valence-corrected chi connectivity index (χ3v) is 4.09. The van der Waals surface area contributed by atoms with E-state index in [4.69, 9.17) is 18.0 Å². The zero-order valence-corrected chi connectivity index (χ0v) is 12.6. The van der Waals surface area contributed by atoms with Crippen LogP contribution in [-0.2, 0) is 0 Å². The van der Waals surface area contributed by atoms with Gasteiger partial charge in [0.15, 0.2) is 0 Å². The van der Waals surface area contributed by atoms with E-state index in [1.165, 1.54) is 12.1 Å². The highest BCUT2D eigenvalue weighted by molar-refractivity contribution is 7.80. The Hall–Kier alpha value is -1.73. The molecule has 1 aromatic carbocycles. The van der Waals surface area contributed by atoms with E-state index in [0.717, 1.165) is 6.07 Å². The maximum absolute atomic E-state index is 13.7. The Morgan fingerprint density at radius 3 is 2.52 bits per heavy atom. The fraction of sp³-hybridized carbons (Fsp3) is 0.429. The van der Waals surface area contributed by atoms with Gasteiger partial charge in [-0.2, -0.15) is 0 Å². The molecule has 0 aliphatic carbocycles. The number of benzene rings is 1. The van der Waals surface area contributed by atoms with Crippen molar-refractivity contribution >= 4 is 23.1 Å². The van der Waals surface area contributed by atoms with Gasteiger partial charge in [0.2, 0.25) is 0 Å². The maximum Gasteiger partial charge on any atom is 0.256 e. The smallest absolute Gasteiger partial charge is 0.256 e. The molecule has 0 saturated carbocycles. The predicted octanol–water partition coefficient (Wildman–Crippen LogP) is 0.964. The van der Waals surface area contributed by atoms with Gasteiger partial charge in [-0.25, -0.2) is 4.39 Å². The summed E-state index contributed by atoms with van der Waals surface area (Å²) in [7, 11) is 0. The van der Waals surface area contributed by atoms with E-state index < -0.39 is 5.82 Å². The Morgan fingerprint density at radius 1 is 1.38 bits per heavy atom. The first-order valence-electron chi connectivity index (χ1n) is 6.71. The third-order valence-electron chi connectivity index (χ3n) is 3.74. The molecule has 114 valence electrons. The van der Waals surface area contributed by atoms with Crippen LogP contribution in [0, 0.1) is 5.82 Å². The Kier molecular flexibility index (Phi) is 4.74. The minimum Gasteiger partial charge on any atom is -0.508 e. The van der Waals surface area contributed by atoms with Gasteiger partial charge in [0.05, 0.1) is 16.6 Å². The van der Waals surface area contributed by atoms with Gasteiger partial charge in [-0.3, -0.25) is 9.69 Å². The molecule has 1 heterocycles. The number of hydrogen-bond donors (Lipinski definition) is 2. The average Bonchev–Trinajstić information content (AvgIpc) is 2.46. The summed E-state index contributed by atoms with van der Waals surface area (Å²) < 4.78 is 13.7. The Morgan fingerprint density at radius 2 is 2.00 bits per heavy atom. The van der Waals surface area contributed by atoms with Gasteiger partial charge in [0, 0.05) is 32.2 Å². The zero-order valence-electron chi connectivity index (χ0n) is 11.8. The van der Waals surface area contributed by atoms with Crippen LogP contribution in [0.5, 0.6) is 5.75 Å². The van der Waals surface area contributed by atoms with E-state index in [-0.39, 0.29) is 23.3 Å². The Labute approximate surface area is 128 Å². The molecule has 0 aromatic heterocycles. The highest BCUT2D eigenvalue weighted by Gasteiger charge is 2.26. The van der Waals surface area contributed by atoms with Crippen LogP contribution in [0.15, 0.2) is 18.2 Å². The van der Waals surface area contributed by atoms with Gasteiger partial charge in [-0.1, -0.05) is 12.2 Å². The predicted molar refractivity (Wildman–Crippen MR) is 81.8 cm³/mol. The number of phenols is 1. The first-order valence-corrected chi connectivity index (χ1v) is 7.12. The largest absolute Gasteiger partial charge is 0.508 e. The Bertz CT molecular complexity index is 559. The van der Waals surface area contributed by atoms with Crippen LogP contribution in [0.25, 0.3) is 0 Å². The topological polar surface area (TPSA) is 69.8 Å². The lowest BCUT2D eigenvalue weighted by atomic mass is 10.1. The molecule has 0 radical (unpaired) electrons. The molecule has 1 saturated heterocycles. The summed E-state index contributed by atoms with van der Waals surface area (Å²) in [6.07, 6.45) is 0. The summed E-state index contributed by atoms with van der Waals surface area (Å²) in [5.74, 6) is -1.27. The number of piperazine rings is 1. The molecule has 1 unspecified atom stereocenters. The molecular weight excluding hydrogens is 293 g/mol. The van der Waals surface area contributed by atoms with Crippen molar-refractivity contribution in [2.45, 2.75) is 13.0 Å². The van der Waals surface area contributed by atoms with Crippen molar-refractivity contribution in [3.05, 3.63) is 29.6 Å². The second-order valence-corrected chi connectivity index (χ2v) is 5.54. The molecule has 1 aromatic rings. The van der Waals surface area contributed by atoms with Crippen molar-refractivity contribution in [2.75, 3.05) is 26.2 Å². The first kappa shape index (κ1) is 15.7. The third kappa shape index (κ3) is 3.48. The van der Waals surface area contributed by atoms with Crippen LogP contribution in [0.1, 0.15) is 17.3 Å². The number of halogens is 1. The number of phenolic OH excluding ortho intramolecular Hbond substituents is 1. The minimum atomic E-state index is -0.709. The van der Waals surface area contributed by atoms with Gasteiger partial charge in [-0.05, 0) is 19.1 Å². The van der Waals surface area contributed by atoms with Crippen LogP contribution >= 0.6 is 12.2 Å². The molecule has 1 amide bonds. The van der Waals surface area contributed by atoms with E-state index in [1.807, 2.05) is 6.92 Å². The first-order chi connectivity index (χ1) is 9.90. The average molecular weight is 311 g/mol. The second-order valence-electron chi connectivity index (χ2n) is 5.07. The molecular formula is C14H18FN3O2S. The van der Waals surface area contributed by atoms with Gasteiger partial charge in [-0.15, -0.1) is 0 Å². The number of thiocarbonyl (C=S) groups is 1. The fourth-order valence-electron chi connectivity index (χ4n) is 2.34. The maximum atomic E-state index is 13.7. The van der Waals surface area contributed by atoms with Gasteiger partial charge in [0.1, 0.15) is 11.6 Å². The number of hydrogen-bond acceptors (Lipinski definition) is 4. The van der Waals surface area contributed by atoms with E-state index in [2.05, 4.69) is 4.90 Å². The molecule has 0 spiro atoms. The number of amides is 1. The molecule has 1 aliphatic heterocycles. The molecule has 7 heteroatoms. The number of nitrogens with two attached hydrogens (primary N) is 1. The van der Waals surface area contributed by atoms with Gasteiger partial charge in [0.25, 0.3) is 5.91 Å². The number of carbonyl (C=O) groups excluding carboxylic acids is 1. The van der Waals surface area contributed by atoms with Crippen molar-refractivity contribution in [1.29, 1.82) is 0 Å². The van der Waals surface area contributed by atoms with Crippen molar-refractivity contribution in [1.82, 2.24) is 9.80 Å². The molecule has 21 heavy (non-hydrogen) atoms. The van der Waals surface area contributed by atoms with Gasteiger partial charge >= 0.3 is 0 Å². The van der Waals surface area contributed by atoms with Crippen molar-refractivity contribution in [2.24, 2.45) is 5.73 Å². The lowest BCUT2D eigenvalue weighted by Gasteiger charge is -2.37. The Balaban J connectivity index is 2.02. The summed E-state index contributed by atoms with van der Waals surface area (Å²) in [6, 6.07) is 3.54. The summed E-state index contributed by atoms with van der Waals surface area (Å²) in [4.78, 5) is 16.4. The standard InChI is InChI=1S/C14H18FN3O2S/c1-9(13(16)21)17-4-6-18(7-5-17)14(20)11-3-2-10(19)8-12(11)15/h2-3,8-9,19H,4-7H2,1H3,(H2,16,21). The highest BCUT2D eigenvalue weighted by atomic mass is 32.1. The summed E-state index contributed by atoms with van der Waals surface area (Å²) in [5, 5.41) is 9.18. The van der Waals surface area contributed by atoms with E-state index in [9.17, 15) is 14.3 Å². The van der Waals surface area contributed by atoms with Crippen molar-refractivity contribution in [3.8, 4) is 5.75 Å². The van der Waals surface area contributed by atoms with E-state index in [0.29, 0.717) is 31.2 Å². The molecule has 0 bridgehead atoms. The summed E-state index contributed by atoms with van der Waals surface area (Å²) >= 11 is 4.97. The number of aromatic hydroxyl groups is 1. The fourth-order valence-corrected chi connectivity index (χ4v) is 2.49. The second kappa shape index (κ2) is 6.36. The molecule has 2 rings (SSSR count). The van der Waals surface area contributed by atoms with Crippen LogP contribution in [-0.4, -0.2) is 58.0 Å². The molecule has 1 fully saturated rings. The van der Waals surface area contributed by atoms with Crippen LogP contribution in [0.4, 0.5) is 4.39 Å². The lowest BCUT2D eigenvalue weighted by Crippen LogP contribution is -2.54. The number of nitrogens with zero attached hydrogens (tertiary/aromatic N) is 2. The van der Waals surface area contributed by atoms with E-state index in [1.54, 1.807) is 4.90 Å². The SMILES string of the molecule is CC(C(N)=S)N1CCN(C(=O)c2ccc(O)cc2F)CC1. The molecule has 1 aliphatic rings. The quantitative estimate of drug-likeness (QED) is 0.814. The number of rotatable bonds is 3. The van der Waals surface area contributed by atoms with Crippen LogP contribution in [0.3, 0.4) is 0 Å². The highest BCUT2D eigenvalue weighted by Crippen LogP contribution is 2.18. The van der Waals surface area contributed by atoms with Crippen molar-refractivity contribution in [3.63, 3.8) is 0 Å². The summed E-state index contributed by atoms with van der Waals surface area (Å²) in [5.41, 5.74) is 5.60.